The third-order valence-corrected chi connectivity index (χ3v) is 5.62. The minimum Gasteiger partial charge on any atom is -0.460 e. The molecule has 0 spiro atoms. The molecule has 0 bridgehead atoms. The van der Waals surface area contributed by atoms with Crippen LogP contribution in [-0.2, 0) is 11.3 Å². The first-order valence-corrected chi connectivity index (χ1v) is 12.4. The van der Waals surface area contributed by atoms with Crippen molar-refractivity contribution in [3.63, 3.8) is 0 Å². The molecule has 1 N–H and O–H groups in total. The summed E-state index contributed by atoms with van der Waals surface area (Å²) in [5.74, 6) is 3.19. The van der Waals surface area contributed by atoms with E-state index in [2.05, 4.69) is 0 Å². The number of rotatable bonds is 7. The molecule has 39 heavy (non-hydrogen) atoms. The van der Waals surface area contributed by atoms with Gasteiger partial charge in [-0.2, -0.15) is 0 Å². The Morgan fingerprint density at radius 3 is 1.74 bits per heavy atom. The van der Waals surface area contributed by atoms with E-state index >= 15 is 0 Å². The van der Waals surface area contributed by atoms with E-state index in [-0.39, 0.29) is 12.4 Å². The van der Waals surface area contributed by atoms with E-state index in [4.69, 9.17) is 28.2 Å². The first kappa shape index (κ1) is 25.6. The van der Waals surface area contributed by atoms with Crippen LogP contribution in [0.15, 0.2) is 118 Å². The van der Waals surface area contributed by atoms with Crippen molar-refractivity contribution in [3.05, 3.63) is 121 Å². The molecule has 0 amide bonds. The number of aliphatic hydroxyl groups excluding tert-OH is 1. The molecule has 0 saturated heterocycles. The fourth-order valence-electron chi connectivity index (χ4n) is 3.83. The second-order valence-corrected chi connectivity index (χ2v) is 8.43. The van der Waals surface area contributed by atoms with Crippen LogP contribution in [0.1, 0.15) is 23.2 Å². The number of furan rings is 2. The van der Waals surface area contributed by atoms with Crippen LogP contribution in [0.3, 0.4) is 0 Å². The molecule has 196 valence electrons. The molecule has 0 aliphatic carbocycles. The van der Waals surface area contributed by atoms with Crippen molar-refractivity contribution in [1.82, 2.24) is 0 Å². The molecule has 6 aromatic rings. The third kappa shape index (κ3) is 6.47. The fraction of sp³-hybridized carbons (Fsp3) is 0.0938. The van der Waals surface area contributed by atoms with Crippen molar-refractivity contribution in [1.29, 1.82) is 0 Å². The Labute approximate surface area is 224 Å². The normalized spacial score (nSPS) is 10.6. The molecule has 6 rings (SSSR count). The van der Waals surface area contributed by atoms with Crippen molar-refractivity contribution in [3.8, 4) is 23.0 Å². The Hall–Kier alpha value is -5.01. The number of fused-ring (bicyclic) bond motifs is 2. The van der Waals surface area contributed by atoms with Crippen LogP contribution in [0.4, 0.5) is 0 Å². The van der Waals surface area contributed by atoms with E-state index in [1.807, 2.05) is 97.1 Å². The number of carbonyl (C=O) groups excluding carboxylic acids is 1. The lowest BCUT2D eigenvalue weighted by atomic mass is 10.2. The largest absolute Gasteiger partial charge is 0.460 e. The highest BCUT2D eigenvalue weighted by Gasteiger charge is 2.13. The maximum absolute atomic E-state index is 11.6. The van der Waals surface area contributed by atoms with Gasteiger partial charge in [-0.3, -0.25) is 0 Å². The van der Waals surface area contributed by atoms with Gasteiger partial charge in [-0.25, -0.2) is 4.79 Å². The van der Waals surface area contributed by atoms with Crippen molar-refractivity contribution in [2.24, 2.45) is 0 Å². The Kier molecular flexibility index (Phi) is 7.90. The van der Waals surface area contributed by atoms with Crippen LogP contribution >= 0.6 is 0 Å². The van der Waals surface area contributed by atoms with Gasteiger partial charge in [-0.1, -0.05) is 36.4 Å². The average molecular weight is 523 g/mol. The molecular weight excluding hydrogens is 496 g/mol. The zero-order valence-electron chi connectivity index (χ0n) is 21.2. The van der Waals surface area contributed by atoms with Crippen LogP contribution in [0.5, 0.6) is 23.0 Å². The molecule has 0 saturated carbocycles. The summed E-state index contributed by atoms with van der Waals surface area (Å²) in [6, 6.07) is 33.6. The van der Waals surface area contributed by atoms with Crippen molar-refractivity contribution >= 4 is 27.9 Å². The van der Waals surface area contributed by atoms with Crippen LogP contribution in [0.2, 0.25) is 0 Å². The third-order valence-electron chi connectivity index (χ3n) is 5.62. The molecule has 0 aliphatic heterocycles. The highest BCUT2D eigenvalue weighted by atomic mass is 16.5. The quantitative estimate of drug-likeness (QED) is 0.212. The maximum Gasteiger partial charge on any atom is 0.374 e. The van der Waals surface area contributed by atoms with Crippen LogP contribution in [0, 0.1) is 0 Å². The van der Waals surface area contributed by atoms with Crippen LogP contribution in [0.25, 0.3) is 21.9 Å². The highest BCUT2D eigenvalue weighted by Crippen LogP contribution is 2.29. The molecule has 0 radical (unpaired) electrons. The van der Waals surface area contributed by atoms with Gasteiger partial charge in [0.25, 0.3) is 0 Å². The molecule has 0 fully saturated rings. The predicted octanol–water partition coefficient (Wildman–Crippen LogP) is 8.12. The van der Waals surface area contributed by atoms with Crippen molar-refractivity contribution < 1.29 is 32.9 Å². The van der Waals surface area contributed by atoms with Crippen LogP contribution in [-0.4, -0.2) is 17.7 Å². The summed E-state index contributed by atoms with van der Waals surface area (Å²) < 4.78 is 27.3. The summed E-state index contributed by atoms with van der Waals surface area (Å²) in [5.41, 5.74) is 1.30. The lowest BCUT2D eigenvalue weighted by Crippen LogP contribution is -2.02. The molecule has 7 nitrogen and oxygen atoms in total. The standard InChI is InChI=1S/C17H14O4.C15H12O3/c1-2-19-17(18)16-10-12-8-9-14(11-15(12)21-16)20-13-6-4-3-5-7-13;16-10-14-8-11-6-7-13(9-15(11)18-14)17-12-4-2-1-3-5-12/h3-11H,2H2,1H3;1-9,16H,10H2. The minimum absolute atomic E-state index is 0.0937. The second kappa shape index (κ2) is 12.0. The molecule has 0 atom stereocenters. The van der Waals surface area contributed by atoms with Gasteiger partial charge in [0.15, 0.2) is 0 Å². The summed E-state index contributed by atoms with van der Waals surface area (Å²) in [6.45, 7) is 1.98. The molecule has 0 aliphatic rings. The number of hydrogen-bond acceptors (Lipinski definition) is 7. The number of para-hydroxylation sites is 2. The summed E-state index contributed by atoms with van der Waals surface area (Å²) in [7, 11) is 0. The van der Waals surface area contributed by atoms with Gasteiger partial charge in [0.1, 0.15) is 46.5 Å². The summed E-state index contributed by atoms with van der Waals surface area (Å²) in [6.07, 6.45) is 0. The number of ether oxygens (including phenoxy) is 3. The number of esters is 1. The number of hydrogen-bond donors (Lipinski definition) is 1. The first-order valence-electron chi connectivity index (χ1n) is 12.4. The zero-order chi connectivity index (χ0) is 27.0. The van der Waals surface area contributed by atoms with Gasteiger partial charge in [0.05, 0.1) is 6.61 Å². The van der Waals surface area contributed by atoms with E-state index in [9.17, 15) is 4.79 Å². The summed E-state index contributed by atoms with van der Waals surface area (Å²) in [5, 5.41) is 10.8. The lowest BCUT2D eigenvalue weighted by molar-refractivity contribution is 0.0492. The number of carbonyl (C=O) groups is 1. The average Bonchev–Trinajstić information content (AvgIpc) is 3.58. The highest BCUT2D eigenvalue weighted by molar-refractivity contribution is 5.92. The molecule has 7 heteroatoms. The van der Waals surface area contributed by atoms with Crippen molar-refractivity contribution in [2.75, 3.05) is 6.61 Å². The lowest BCUT2D eigenvalue weighted by Gasteiger charge is -2.04. The monoisotopic (exact) mass is 522 g/mol. The van der Waals surface area contributed by atoms with E-state index in [0.29, 0.717) is 35.0 Å². The minimum atomic E-state index is -0.459. The maximum atomic E-state index is 11.6. The fourth-order valence-corrected chi connectivity index (χ4v) is 3.83. The smallest absolute Gasteiger partial charge is 0.374 e. The van der Waals surface area contributed by atoms with Gasteiger partial charge in [-0.15, -0.1) is 0 Å². The van der Waals surface area contributed by atoms with Crippen molar-refractivity contribution in [2.45, 2.75) is 13.5 Å². The topological polar surface area (TPSA) is 91.3 Å². The van der Waals surface area contributed by atoms with Gasteiger partial charge < -0.3 is 28.2 Å². The number of benzene rings is 4. The molecule has 2 aromatic heterocycles. The Morgan fingerprint density at radius 1 is 0.667 bits per heavy atom. The van der Waals surface area contributed by atoms with E-state index < -0.39 is 5.97 Å². The first-order chi connectivity index (χ1) is 19.1. The molecular formula is C32H26O7. The molecule has 0 unspecified atom stereocenters. The Bertz CT molecular complexity index is 1670. The second-order valence-electron chi connectivity index (χ2n) is 8.43. The summed E-state index contributed by atoms with van der Waals surface area (Å²) >= 11 is 0. The van der Waals surface area contributed by atoms with E-state index in [1.54, 1.807) is 19.1 Å². The van der Waals surface area contributed by atoms with Crippen LogP contribution < -0.4 is 9.47 Å². The predicted molar refractivity (Wildman–Crippen MR) is 147 cm³/mol. The Balaban J connectivity index is 0.000000160. The number of aliphatic hydroxyl groups is 1. The summed E-state index contributed by atoms with van der Waals surface area (Å²) in [4.78, 5) is 11.6. The molecule has 2 heterocycles. The van der Waals surface area contributed by atoms with E-state index in [0.717, 1.165) is 22.3 Å². The zero-order valence-corrected chi connectivity index (χ0v) is 21.2. The van der Waals surface area contributed by atoms with E-state index in [1.165, 1.54) is 0 Å². The van der Waals surface area contributed by atoms with Gasteiger partial charge in [-0.05, 0) is 67.6 Å². The molecule has 4 aromatic carbocycles. The SMILES string of the molecule is CCOC(=O)c1cc2ccc(Oc3ccccc3)cc2o1.OCc1cc2ccc(Oc3ccccc3)cc2o1. The Morgan fingerprint density at radius 2 is 1.21 bits per heavy atom. The van der Waals surface area contributed by atoms with Gasteiger partial charge in [0, 0.05) is 22.9 Å². The van der Waals surface area contributed by atoms with Gasteiger partial charge in [0.2, 0.25) is 5.76 Å². The van der Waals surface area contributed by atoms with Gasteiger partial charge >= 0.3 is 5.97 Å².